The highest BCUT2D eigenvalue weighted by atomic mass is 32.2. The monoisotopic (exact) mass is 567 g/mol. The highest BCUT2D eigenvalue weighted by molar-refractivity contribution is 8.17. The van der Waals surface area contributed by atoms with Crippen LogP contribution in [0.3, 0.4) is 0 Å². The van der Waals surface area contributed by atoms with Crippen molar-refractivity contribution in [1.82, 2.24) is 4.90 Å². The molecule has 0 saturated heterocycles. The van der Waals surface area contributed by atoms with Crippen molar-refractivity contribution in [3.8, 4) is 17.2 Å². The predicted octanol–water partition coefficient (Wildman–Crippen LogP) is 7.36. The van der Waals surface area contributed by atoms with E-state index in [2.05, 4.69) is 31.0 Å². The number of rotatable bonds is 11. The summed E-state index contributed by atoms with van der Waals surface area (Å²) in [6.07, 6.45) is 2.78. The van der Waals surface area contributed by atoms with Crippen LogP contribution < -0.4 is 14.2 Å². The SMILES string of the molecule is CCOc1cc(/C=C2/C(=N)N3C(c4ccccc4)=CSC3=NC2=O)ccc1OCCOc1ccc(C(C)CC)cc1. The number of hydrogen-bond donors (Lipinski definition) is 1. The van der Waals surface area contributed by atoms with Gasteiger partial charge in [-0.05, 0) is 66.3 Å². The molecular formula is C33H33N3O4S. The molecule has 0 aromatic heterocycles. The molecule has 0 bridgehead atoms. The number of carbonyl (C=O) groups is 1. The van der Waals surface area contributed by atoms with Crippen LogP contribution in [0.1, 0.15) is 49.8 Å². The Balaban J connectivity index is 1.27. The molecule has 1 N–H and O–H groups in total. The van der Waals surface area contributed by atoms with Crippen LogP contribution in [0, 0.1) is 5.41 Å². The maximum absolute atomic E-state index is 12.9. The van der Waals surface area contributed by atoms with Gasteiger partial charge in [-0.25, -0.2) is 0 Å². The molecular weight excluding hydrogens is 534 g/mol. The van der Waals surface area contributed by atoms with Gasteiger partial charge in [0, 0.05) is 5.41 Å². The maximum atomic E-state index is 12.9. The summed E-state index contributed by atoms with van der Waals surface area (Å²) >= 11 is 1.34. The van der Waals surface area contributed by atoms with Gasteiger partial charge in [-0.3, -0.25) is 15.1 Å². The van der Waals surface area contributed by atoms with E-state index in [1.807, 2.05) is 73.0 Å². The van der Waals surface area contributed by atoms with Crippen molar-refractivity contribution >= 4 is 40.4 Å². The molecule has 7 nitrogen and oxygen atoms in total. The van der Waals surface area contributed by atoms with Crippen LogP contribution >= 0.6 is 11.8 Å². The zero-order valence-corrected chi connectivity index (χ0v) is 24.2. The number of fused-ring (bicyclic) bond motifs is 1. The van der Waals surface area contributed by atoms with Gasteiger partial charge in [0.05, 0.1) is 17.9 Å². The molecule has 0 fully saturated rings. The lowest BCUT2D eigenvalue weighted by Crippen LogP contribution is -2.38. The van der Waals surface area contributed by atoms with Gasteiger partial charge in [0.25, 0.3) is 5.91 Å². The summed E-state index contributed by atoms with van der Waals surface area (Å²) in [5.41, 5.74) is 4.00. The standard InChI is InChI=1S/C33H33N3O4S/c1-4-22(3)24-12-14-26(15-13-24)39-17-18-40-29-16-11-23(20-30(29)38-5-2)19-27-31(34)36-28(25-9-7-6-8-10-25)21-41-33(36)35-32(27)37/h6-16,19-22,34H,4-5,17-18H2,1-3H3/b27-19-,34-31?. The number of hydrogen-bond acceptors (Lipinski definition) is 6. The molecule has 1 atom stereocenters. The summed E-state index contributed by atoms with van der Waals surface area (Å²) in [7, 11) is 0. The first kappa shape index (κ1) is 28.2. The van der Waals surface area contributed by atoms with Crippen LogP contribution in [0.4, 0.5) is 0 Å². The Morgan fingerprint density at radius 1 is 0.951 bits per heavy atom. The van der Waals surface area contributed by atoms with Gasteiger partial charge < -0.3 is 14.2 Å². The average Bonchev–Trinajstić information content (AvgIpc) is 3.42. The van der Waals surface area contributed by atoms with Crippen LogP contribution in [-0.4, -0.2) is 41.6 Å². The van der Waals surface area contributed by atoms with Gasteiger partial charge in [0.15, 0.2) is 16.7 Å². The second-order valence-electron chi connectivity index (χ2n) is 9.64. The van der Waals surface area contributed by atoms with Gasteiger partial charge >= 0.3 is 0 Å². The number of nitrogens with zero attached hydrogens (tertiary/aromatic N) is 2. The van der Waals surface area contributed by atoms with Crippen LogP contribution in [0.25, 0.3) is 11.8 Å². The lowest BCUT2D eigenvalue weighted by Gasteiger charge is -2.27. The van der Waals surface area contributed by atoms with Crippen molar-refractivity contribution in [2.24, 2.45) is 4.99 Å². The Kier molecular flexibility index (Phi) is 8.89. The third kappa shape index (κ3) is 6.38. The van der Waals surface area contributed by atoms with Gasteiger partial charge in [0.2, 0.25) is 0 Å². The quantitative estimate of drug-likeness (QED) is 0.193. The Morgan fingerprint density at radius 3 is 2.44 bits per heavy atom. The van der Waals surface area contributed by atoms with Crippen molar-refractivity contribution in [1.29, 1.82) is 5.41 Å². The van der Waals surface area contributed by atoms with E-state index in [-0.39, 0.29) is 11.4 Å². The summed E-state index contributed by atoms with van der Waals surface area (Å²) in [6.45, 7) is 7.48. The maximum Gasteiger partial charge on any atom is 0.283 e. The molecule has 0 spiro atoms. The first-order valence-corrected chi connectivity index (χ1v) is 14.6. The number of ether oxygens (including phenoxy) is 3. The van der Waals surface area contributed by atoms with Crippen LogP contribution in [0.5, 0.6) is 17.2 Å². The van der Waals surface area contributed by atoms with Crippen LogP contribution in [0.2, 0.25) is 0 Å². The van der Waals surface area contributed by atoms with E-state index in [4.69, 9.17) is 19.6 Å². The fraction of sp³-hybridized carbons (Fsp3) is 0.242. The minimum Gasteiger partial charge on any atom is -0.490 e. The van der Waals surface area contributed by atoms with Crippen LogP contribution in [0.15, 0.2) is 88.8 Å². The van der Waals surface area contributed by atoms with E-state index >= 15 is 0 Å². The number of amidine groups is 2. The molecule has 2 aliphatic heterocycles. The second kappa shape index (κ2) is 12.9. The fourth-order valence-electron chi connectivity index (χ4n) is 4.52. The summed E-state index contributed by atoms with van der Waals surface area (Å²) in [5, 5.41) is 11.3. The molecule has 3 aromatic rings. The molecule has 1 unspecified atom stereocenters. The van der Waals surface area contributed by atoms with Gasteiger partial charge in [-0.2, -0.15) is 4.99 Å². The Morgan fingerprint density at radius 2 is 1.71 bits per heavy atom. The van der Waals surface area contributed by atoms with Gasteiger partial charge in [-0.1, -0.05) is 74.1 Å². The van der Waals surface area contributed by atoms with Crippen LogP contribution in [-0.2, 0) is 4.79 Å². The molecule has 210 valence electrons. The molecule has 8 heteroatoms. The third-order valence-corrected chi connectivity index (χ3v) is 7.76. The van der Waals surface area contributed by atoms with Gasteiger partial charge in [0.1, 0.15) is 24.8 Å². The molecule has 1 amide bonds. The van der Waals surface area contributed by atoms with Crippen molar-refractivity contribution in [2.45, 2.75) is 33.1 Å². The minimum absolute atomic E-state index is 0.0905. The van der Waals surface area contributed by atoms with Gasteiger partial charge in [-0.15, -0.1) is 0 Å². The number of carbonyl (C=O) groups excluding carboxylic acids is 1. The highest BCUT2D eigenvalue weighted by Crippen LogP contribution is 2.38. The van der Waals surface area contributed by atoms with Crippen molar-refractivity contribution in [3.05, 3.63) is 100 Å². The molecule has 0 saturated carbocycles. The van der Waals surface area contributed by atoms with E-state index < -0.39 is 5.91 Å². The molecule has 0 radical (unpaired) electrons. The second-order valence-corrected chi connectivity index (χ2v) is 10.5. The first-order valence-electron chi connectivity index (χ1n) is 13.8. The van der Waals surface area contributed by atoms with E-state index in [9.17, 15) is 4.79 Å². The minimum atomic E-state index is -0.441. The summed E-state index contributed by atoms with van der Waals surface area (Å²) < 4.78 is 17.7. The number of aliphatic imine (C=N–C) groups is 1. The normalized spacial score (nSPS) is 16.3. The molecule has 2 aliphatic rings. The summed E-state index contributed by atoms with van der Waals surface area (Å²) in [6, 6.07) is 23.4. The Bertz CT molecular complexity index is 1510. The Hall–Kier alpha value is -4.30. The molecule has 0 aliphatic carbocycles. The molecule has 3 aromatic carbocycles. The van der Waals surface area contributed by atoms with E-state index in [0.29, 0.717) is 48.0 Å². The first-order chi connectivity index (χ1) is 20.0. The van der Waals surface area contributed by atoms with E-state index in [1.54, 1.807) is 11.0 Å². The summed E-state index contributed by atoms with van der Waals surface area (Å²) in [4.78, 5) is 18.9. The predicted molar refractivity (Wildman–Crippen MR) is 166 cm³/mol. The largest absolute Gasteiger partial charge is 0.490 e. The van der Waals surface area contributed by atoms with Crippen molar-refractivity contribution in [3.63, 3.8) is 0 Å². The molecule has 5 rings (SSSR count). The number of thioether (sulfide) groups is 1. The average molecular weight is 568 g/mol. The molecule has 41 heavy (non-hydrogen) atoms. The zero-order chi connectivity index (χ0) is 28.8. The topological polar surface area (TPSA) is 84.2 Å². The number of nitrogens with one attached hydrogen (secondary N) is 1. The number of benzene rings is 3. The third-order valence-electron chi connectivity index (χ3n) is 6.93. The molecule has 2 heterocycles. The summed E-state index contributed by atoms with van der Waals surface area (Å²) in [5.74, 6) is 2.12. The van der Waals surface area contributed by atoms with Crippen molar-refractivity contribution in [2.75, 3.05) is 19.8 Å². The fourth-order valence-corrected chi connectivity index (χ4v) is 5.41. The lowest BCUT2D eigenvalue weighted by molar-refractivity contribution is -0.114. The number of amides is 1. The Labute approximate surface area is 245 Å². The van der Waals surface area contributed by atoms with Crippen molar-refractivity contribution < 1.29 is 19.0 Å². The highest BCUT2D eigenvalue weighted by Gasteiger charge is 2.36. The van der Waals surface area contributed by atoms with E-state index in [1.165, 1.54) is 17.3 Å². The smallest absolute Gasteiger partial charge is 0.283 e. The zero-order valence-electron chi connectivity index (χ0n) is 23.4. The van der Waals surface area contributed by atoms with E-state index in [0.717, 1.165) is 23.4 Å². The lowest BCUT2D eigenvalue weighted by atomic mass is 9.99.